The fourth-order valence-corrected chi connectivity index (χ4v) is 2.77. The monoisotopic (exact) mass is 285 g/mol. The molecule has 88 valence electrons. The molecule has 1 unspecified atom stereocenters. The molecule has 0 radical (unpaired) electrons. The minimum absolute atomic E-state index is 0.0725. The van der Waals surface area contributed by atoms with Gasteiger partial charge in [-0.1, -0.05) is 22.4 Å². The van der Waals surface area contributed by atoms with E-state index in [-0.39, 0.29) is 5.82 Å². The standard InChI is InChI=1S/C13H17BrFN/c1-8-10(12-5-3-4-6-16-12)7-11(14)9(2)13(8)15/h7,12,16H,3-6H2,1-2H3. The Morgan fingerprint density at radius 1 is 1.31 bits per heavy atom. The molecular weight excluding hydrogens is 269 g/mol. The molecule has 16 heavy (non-hydrogen) atoms. The van der Waals surface area contributed by atoms with Crippen LogP contribution in [0.15, 0.2) is 10.5 Å². The lowest BCUT2D eigenvalue weighted by atomic mass is 9.93. The van der Waals surface area contributed by atoms with E-state index in [1.54, 1.807) is 0 Å². The lowest BCUT2D eigenvalue weighted by molar-refractivity contribution is 0.409. The summed E-state index contributed by atoms with van der Waals surface area (Å²) in [4.78, 5) is 0. The van der Waals surface area contributed by atoms with Crippen LogP contribution < -0.4 is 5.32 Å². The highest BCUT2D eigenvalue weighted by atomic mass is 79.9. The summed E-state index contributed by atoms with van der Waals surface area (Å²) in [5.41, 5.74) is 2.60. The molecule has 1 saturated heterocycles. The Hall–Kier alpha value is -0.410. The number of nitrogens with one attached hydrogen (secondary N) is 1. The molecule has 1 aromatic carbocycles. The van der Waals surface area contributed by atoms with Gasteiger partial charge in [-0.25, -0.2) is 4.39 Å². The molecule has 1 aliphatic heterocycles. The van der Waals surface area contributed by atoms with Crippen LogP contribution in [-0.4, -0.2) is 6.54 Å². The minimum Gasteiger partial charge on any atom is -0.310 e. The van der Waals surface area contributed by atoms with Gasteiger partial charge in [0, 0.05) is 10.5 Å². The number of benzene rings is 1. The quantitative estimate of drug-likeness (QED) is 0.822. The highest BCUT2D eigenvalue weighted by Gasteiger charge is 2.20. The zero-order chi connectivity index (χ0) is 11.7. The Balaban J connectivity index is 2.40. The Kier molecular flexibility index (Phi) is 3.65. The topological polar surface area (TPSA) is 12.0 Å². The fourth-order valence-electron chi connectivity index (χ4n) is 2.35. The van der Waals surface area contributed by atoms with E-state index in [0.717, 1.165) is 28.6 Å². The largest absolute Gasteiger partial charge is 0.310 e. The molecule has 1 atom stereocenters. The van der Waals surface area contributed by atoms with Crippen LogP contribution in [0.3, 0.4) is 0 Å². The third-order valence-electron chi connectivity index (χ3n) is 3.42. The SMILES string of the molecule is Cc1c(Br)cc(C2CCCCN2)c(C)c1F. The van der Waals surface area contributed by atoms with E-state index in [0.29, 0.717) is 11.6 Å². The van der Waals surface area contributed by atoms with Crippen molar-refractivity contribution < 1.29 is 4.39 Å². The van der Waals surface area contributed by atoms with Crippen LogP contribution in [0.1, 0.15) is 42.0 Å². The van der Waals surface area contributed by atoms with Crippen molar-refractivity contribution in [3.63, 3.8) is 0 Å². The first kappa shape index (κ1) is 12.1. The number of hydrogen-bond donors (Lipinski definition) is 1. The average molecular weight is 286 g/mol. The van der Waals surface area contributed by atoms with Gasteiger partial charge in [0.2, 0.25) is 0 Å². The van der Waals surface area contributed by atoms with Crippen molar-refractivity contribution in [1.29, 1.82) is 0 Å². The smallest absolute Gasteiger partial charge is 0.130 e. The van der Waals surface area contributed by atoms with E-state index in [9.17, 15) is 4.39 Å². The number of halogens is 2. The zero-order valence-electron chi connectivity index (χ0n) is 9.74. The molecule has 1 heterocycles. The maximum atomic E-state index is 13.9. The van der Waals surface area contributed by atoms with Crippen molar-refractivity contribution in [2.75, 3.05) is 6.54 Å². The van der Waals surface area contributed by atoms with Gasteiger partial charge < -0.3 is 5.32 Å². The van der Waals surface area contributed by atoms with E-state index in [1.165, 1.54) is 12.8 Å². The highest BCUT2D eigenvalue weighted by Crippen LogP contribution is 2.32. The molecule has 1 aliphatic rings. The number of piperidine rings is 1. The Labute approximate surface area is 105 Å². The molecule has 1 nitrogen and oxygen atoms in total. The molecule has 0 bridgehead atoms. The third-order valence-corrected chi connectivity index (χ3v) is 4.24. The maximum Gasteiger partial charge on any atom is 0.130 e. The van der Waals surface area contributed by atoms with Gasteiger partial charge in [-0.2, -0.15) is 0 Å². The third kappa shape index (κ3) is 2.16. The second kappa shape index (κ2) is 4.84. The molecular formula is C13H17BrFN. The molecule has 0 spiro atoms. The van der Waals surface area contributed by atoms with E-state index in [1.807, 2.05) is 13.8 Å². The summed E-state index contributed by atoms with van der Waals surface area (Å²) in [6.07, 6.45) is 3.56. The highest BCUT2D eigenvalue weighted by molar-refractivity contribution is 9.10. The van der Waals surface area contributed by atoms with Gasteiger partial charge in [0.1, 0.15) is 5.82 Å². The van der Waals surface area contributed by atoms with Crippen molar-refractivity contribution in [2.45, 2.75) is 39.2 Å². The van der Waals surface area contributed by atoms with E-state index < -0.39 is 0 Å². The van der Waals surface area contributed by atoms with Crippen LogP contribution >= 0.6 is 15.9 Å². The van der Waals surface area contributed by atoms with Gasteiger partial charge in [-0.3, -0.25) is 0 Å². The lowest BCUT2D eigenvalue weighted by Gasteiger charge is -2.26. The Bertz CT molecular complexity index is 397. The Morgan fingerprint density at radius 2 is 2.06 bits per heavy atom. The predicted octanol–water partition coefficient (Wildman–Crippen LogP) is 4.02. The summed E-state index contributed by atoms with van der Waals surface area (Å²) < 4.78 is 14.8. The first-order chi connectivity index (χ1) is 7.61. The molecule has 1 aromatic rings. The van der Waals surface area contributed by atoms with E-state index in [2.05, 4.69) is 27.3 Å². The van der Waals surface area contributed by atoms with Gasteiger partial charge in [0.05, 0.1) is 0 Å². The average Bonchev–Trinajstić information content (AvgIpc) is 2.32. The normalized spacial score (nSPS) is 21.1. The molecule has 1 N–H and O–H groups in total. The zero-order valence-corrected chi connectivity index (χ0v) is 11.3. The summed E-state index contributed by atoms with van der Waals surface area (Å²) in [6, 6.07) is 2.39. The predicted molar refractivity (Wildman–Crippen MR) is 68.2 cm³/mol. The second-order valence-corrected chi connectivity index (χ2v) is 5.37. The van der Waals surface area contributed by atoms with Crippen molar-refractivity contribution >= 4 is 15.9 Å². The molecule has 1 fully saturated rings. The summed E-state index contributed by atoms with van der Waals surface area (Å²) in [7, 11) is 0. The molecule has 0 saturated carbocycles. The lowest BCUT2D eigenvalue weighted by Crippen LogP contribution is -2.27. The van der Waals surface area contributed by atoms with Crippen molar-refractivity contribution in [1.82, 2.24) is 5.32 Å². The van der Waals surface area contributed by atoms with E-state index >= 15 is 0 Å². The van der Waals surface area contributed by atoms with Crippen LogP contribution in [0.25, 0.3) is 0 Å². The van der Waals surface area contributed by atoms with Crippen LogP contribution in [-0.2, 0) is 0 Å². The molecule has 0 aromatic heterocycles. The fraction of sp³-hybridized carbons (Fsp3) is 0.538. The summed E-state index contributed by atoms with van der Waals surface area (Å²) in [5.74, 6) is -0.0725. The maximum absolute atomic E-state index is 13.9. The van der Waals surface area contributed by atoms with Crippen molar-refractivity contribution in [3.05, 3.63) is 33.0 Å². The van der Waals surface area contributed by atoms with Crippen LogP contribution in [0, 0.1) is 19.7 Å². The van der Waals surface area contributed by atoms with Gasteiger partial charge in [0.15, 0.2) is 0 Å². The molecule has 0 aliphatic carbocycles. The first-order valence-electron chi connectivity index (χ1n) is 5.79. The summed E-state index contributed by atoms with van der Waals surface area (Å²) >= 11 is 3.43. The van der Waals surface area contributed by atoms with Gasteiger partial charge in [-0.15, -0.1) is 0 Å². The van der Waals surface area contributed by atoms with Crippen LogP contribution in [0.4, 0.5) is 4.39 Å². The van der Waals surface area contributed by atoms with Gasteiger partial charge >= 0.3 is 0 Å². The van der Waals surface area contributed by atoms with Crippen LogP contribution in [0.2, 0.25) is 0 Å². The molecule has 0 amide bonds. The number of rotatable bonds is 1. The van der Waals surface area contributed by atoms with Crippen molar-refractivity contribution in [2.24, 2.45) is 0 Å². The number of hydrogen-bond acceptors (Lipinski definition) is 1. The molecule has 3 heteroatoms. The van der Waals surface area contributed by atoms with Crippen molar-refractivity contribution in [3.8, 4) is 0 Å². The second-order valence-electron chi connectivity index (χ2n) is 4.51. The van der Waals surface area contributed by atoms with E-state index in [4.69, 9.17) is 0 Å². The van der Waals surface area contributed by atoms with Gasteiger partial charge in [0.25, 0.3) is 0 Å². The summed E-state index contributed by atoms with van der Waals surface area (Å²) in [6.45, 7) is 4.72. The minimum atomic E-state index is -0.0725. The van der Waals surface area contributed by atoms with Crippen LogP contribution in [0.5, 0.6) is 0 Å². The Morgan fingerprint density at radius 3 is 2.69 bits per heavy atom. The van der Waals surface area contributed by atoms with Gasteiger partial charge in [-0.05, 0) is 56.0 Å². The molecule has 2 rings (SSSR count). The first-order valence-corrected chi connectivity index (χ1v) is 6.59. The summed E-state index contributed by atoms with van der Waals surface area (Å²) in [5, 5.41) is 3.46.